The maximum atomic E-state index is 13.5. The van der Waals surface area contributed by atoms with Crippen LogP contribution in [0.1, 0.15) is 5.56 Å². The smallest absolute Gasteiger partial charge is 0.165 e. The first kappa shape index (κ1) is 12.0. The number of hydrogen-bond acceptors (Lipinski definition) is 3. The molecule has 82 valence electrons. The molecule has 0 unspecified atom stereocenters. The molecule has 0 bridgehead atoms. The minimum atomic E-state index is -0.593. The first-order valence-electron chi connectivity index (χ1n) is 4.18. The van der Waals surface area contributed by atoms with Gasteiger partial charge in [0, 0.05) is 18.7 Å². The van der Waals surface area contributed by atoms with Gasteiger partial charge in [-0.25, -0.2) is 8.78 Å². The summed E-state index contributed by atoms with van der Waals surface area (Å²) in [4.78, 5) is 3.87. The SMILES string of the molecule is CN=C(SC)c1cc(F)c(OC)cc1F. The second-order valence-corrected chi connectivity index (χ2v) is 3.49. The average molecular weight is 231 g/mol. The van der Waals surface area contributed by atoms with Gasteiger partial charge in [0.2, 0.25) is 0 Å². The highest BCUT2D eigenvalue weighted by molar-refractivity contribution is 8.13. The molecule has 0 aliphatic rings. The molecule has 15 heavy (non-hydrogen) atoms. The van der Waals surface area contributed by atoms with E-state index in [1.54, 1.807) is 6.26 Å². The van der Waals surface area contributed by atoms with Crippen LogP contribution in [-0.2, 0) is 0 Å². The van der Waals surface area contributed by atoms with Crippen LogP contribution in [0.25, 0.3) is 0 Å². The van der Waals surface area contributed by atoms with Crippen LogP contribution in [0.15, 0.2) is 17.1 Å². The fraction of sp³-hybridized carbons (Fsp3) is 0.300. The monoisotopic (exact) mass is 231 g/mol. The molecule has 1 aromatic carbocycles. The Morgan fingerprint density at radius 1 is 1.33 bits per heavy atom. The Morgan fingerprint density at radius 3 is 2.47 bits per heavy atom. The van der Waals surface area contributed by atoms with Crippen LogP contribution in [-0.4, -0.2) is 25.5 Å². The molecule has 1 rings (SSSR count). The van der Waals surface area contributed by atoms with Crippen molar-refractivity contribution in [3.05, 3.63) is 29.3 Å². The molecule has 0 N–H and O–H groups in total. The topological polar surface area (TPSA) is 21.6 Å². The summed E-state index contributed by atoms with van der Waals surface area (Å²) in [5.41, 5.74) is 0.156. The molecule has 5 heteroatoms. The highest BCUT2D eigenvalue weighted by Gasteiger charge is 2.13. The Hall–Kier alpha value is -1.10. The standard InChI is InChI=1S/C10H11F2NOS/c1-13-10(15-3)6-4-8(12)9(14-2)5-7(6)11/h4-5H,1-3H3. The Balaban J connectivity index is 3.27. The summed E-state index contributed by atoms with van der Waals surface area (Å²) >= 11 is 1.26. The lowest BCUT2D eigenvalue weighted by Crippen LogP contribution is -2.01. The van der Waals surface area contributed by atoms with Crippen molar-refractivity contribution < 1.29 is 13.5 Å². The van der Waals surface area contributed by atoms with E-state index in [4.69, 9.17) is 0 Å². The van der Waals surface area contributed by atoms with Gasteiger partial charge in [0.1, 0.15) is 10.9 Å². The molecule has 0 saturated heterocycles. The van der Waals surface area contributed by atoms with Crippen LogP contribution in [0.5, 0.6) is 5.75 Å². The average Bonchev–Trinajstić information content (AvgIpc) is 2.24. The Labute approximate surface area is 91.4 Å². The van der Waals surface area contributed by atoms with E-state index < -0.39 is 11.6 Å². The van der Waals surface area contributed by atoms with E-state index in [1.165, 1.54) is 25.9 Å². The maximum absolute atomic E-state index is 13.5. The fourth-order valence-electron chi connectivity index (χ4n) is 1.17. The van der Waals surface area contributed by atoms with Crippen LogP contribution in [0, 0.1) is 11.6 Å². The highest BCUT2D eigenvalue weighted by atomic mass is 32.2. The molecular formula is C10H11F2NOS. The number of methoxy groups -OCH3 is 1. The van der Waals surface area contributed by atoms with Crippen molar-refractivity contribution in [3.8, 4) is 5.75 Å². The van der Waals surface area contributed by atoms with E-state index in [0.29, 0.717) is 5.04 Å². The van der Waals surface area contributed by atoms with Gasteiger partial charge in [-0.3, -0.25) is 4.99 Å². The van der Waals surface area contributed by atoms with Gasteiger partial charge in [-0.15, -0.1) is 11.8 Å². The zero-order valence-electron chi connectivity index (χ0n) is 8.67. The third kappa shape index (κ3) is 2.47. The first-order valence-corrected chi connectivity index (χ1v) is 5.40. The Morgan fingerprint density at radius 2 is 2.00 bits per heavy atom. The van der Waals surface area contributed by atoms with Gasteiger partial charge in [0.15, 0.2) is 11.6 Å². The normalized spacial score (nSPS) is 11.7. The molecule has 0 fully saturated rings. The molecule has 2 nitrogen and oxygen atoms in total. The molecule has 0 radical (unpaired) electrons. The van der Waals surface area contributed by atoms with Crippen LogP contribution < -0.4 is 4.74 Å². The summed E-state index contributed by atoms with van der Waals surface area (Å²) in [5.74, 6) is -1.24. The van der Waals surface area contributed by atoms with E-state index in [0.717, 1.165) is 12.1 Å². The minimum Gasteiger partial charge on any atom is -0.494 e. The van der Waals surface area contributed by atoms with E-state index >= 15 is 0 Å². The summed E-state index contributed by atoms with van der Waals surface area (Å²) in [6, 6.07) is 2.11. The second kappa shape index (κ2) is 5.11. The Bertz CT molecular complexity index is 393. The lowest BCUT2D eigenvalue weighted by Gasteiger charge is -2.07. The third-order valence-corrected chi connectivity index (χ3v) is 2.66. The molecule has 0 saturated carbocycles. The lowest BCUT2D eigenvalue weighted by atomic mass is 10.2. The van der Waals surface area contributed by atoms with Gasteiger partial charge < -0.3 is 4.74 Å². The Kier molecular flexibility index (Phi) is 4.08. The number of halogens is 2. The van der Waals surface area contributed by atoms with Crippen molar-refractivity contribution >= 4 is 16.8 Å². The molecule has 0 heterocycles. The van der Waals surface area contributed by atoms with Crippen LogP contribution in [0.3, 0.4) is 0 Å². The second-order valence-electron chi connectivity index (χ2n) is 2.70. The van der Waals surface area contributed by atoms with E-state index in [9.17, 15) is 8.78 Å². The van der Waals surface area contributed by atoms with Gasteiger partial charge in [-0.1, -0.05) is 0 Å². The van der Waals surface area contributed by atoms with Crippen molar-refractivity contribution in [1.82, 2.24) is 0 Å². The predicted octanol–water partition coefficient (Wildman–Crippen LogP) is 2.71. The highest BCUT2D eigenvalue weighted by Crippen LogP contribution is 2.23. The van der Waals surface area contributed by atoms with E-state index in [-0.39, 0.29) is 11.3 Å². The fourth-order valence-corrected chi connectivity index (χ4v) is 1.73. The summed E-state index contributed by atoms with van der Waals surface area (Å²) in [5, 5.41) is 0.453. The number of hydrogen-bond donors (Lipinski definition) is 0. The molecule has 1 aromatic rings. The summed E-state index contributed by atoms with van der Waals surface area (Å²) in [7, 11) is 2.83. The number of benzene rings is 1. The molecular weight excluding hydrogens is 220 g/mol. The zero-order valence-corrected chi connectivity index (χ0v) is 9.49. The summed E-state index contributed by atoms with van der Waals surface area (Å²) in [6.07, 6.45) is 1.75. The molecule has 0 amide bonds. The summed E-state index contributed by atoms with van der Waals surface area (Å²) in [6.45, 7) is 0. The predicted molar refractivity (Wildman–Crippen MR) is 58.9 cm³/mol. The number of ether oxygens (including phenoxy) is 1. The first-order chi connectivity index (χ1) is 7.13. The number of nitrogens with zero attached hydrogens (tertiary/aromatic N) is 1. The van der Waals surface area contributed by atoms with Crippen molar-refractivity contribution in [2.75, 3.05) is 20.4 Å². The van der Waals surface area contributed by atoms with Gasteiger partial charge in [0.05, 0.1) is 7.11 Å². The van der Waals surface area contributed by atoms with Crippen molar-refractivity contribution in [2.45, 2.75) is 0 Å². The van der Waals surface area contributed by atoms with Crippen LogP contribution in [0.4, 0.5) is 8.78 Å². The minimum absolute atomic E-state index is 0.104. The molecule has 0 spiro atoms. The molecule has 0 aliphatic heterocycles. The number of rotatable bonds is 2. The van der Waals surface area contributed by atoms with E-state index in [1.807, 2.05) is 0 Å². The number of aliphatic imine (C=N–C) groups is 1. The van der Waals surface area contributed by atoms with Crippen molar-refractivity contribution in [3.63, 3.8) is 0 Å². The van der Waals surface area contributed by atoms with Crippen LogP contribution in [0.2, 0.25) is 0 Å². The molecule has 0 aliphatic carbocycles. The van der Waals surface area contributed by atoms with Gasteiger partial charge >= 0.3 is 0 Å². The third-order valence-electron chi connectivity index (χ3n) is 1.87. The quantitative estimate of drug-likeness (QED) is 0.576. The maximum Gasteiger partial charge on any atom is 0.165 e. The van der Waals surface area contributed by atoms with Gasteiger partial charge in [-0.2, -0.15) is 0 Å². The van der Waals surface area contributed by atoms with Crippen molar-refractivity contribution in [2.24, 2.45) is 4.99 Å². The number of thioether (sulfide) groups is 1. The van der Waals surface area contributed by atoms with Gasteiger partial charge in [-0.05, 0) is 12.3 Å². The van der Waals surface area contributed by atoms with E-state index in [2.05, 4.69) is 9.73 Å². The lowest BCUT2D eigenvalue weighted by molar-refractivity contribution is 0.382. The van der Waals surface area contributed by atoms with Gasteiger partial charge in [0.25, 0.3) is 0 Å². The summed E-state index contributed by atoms with van der Waals surface area (Å²) < 4.78 is 31.5. The largest absolute Gasteiger partial charge is 0.494 e. The van der Waals surface area contributed by atoms with Crippen LogP contribution >= 0.6 is 11.8 Å². The van der Waals surface area contributed by atoms with Crippen molar-refractivity contribution in [1.29, 1.82) is 0 Å². The molecule has 0 aromatic heterocycles. The zero-order chi connectivity index (χ0) is 11.4. The molecule has 0 atom stereocenters.